The van der Waals surface area contributed by atoms with Crippen molar-refractivity contribution < 1.29 is 26.3 Å². The van der Waals surface area contributed by atoms with E-state index in [4.69, 9.17) is 9.47 Å². The fraction of sp³-hybridized carbons (Fsp3) is 0.265. The minimum absolute atomic E-state index is 0.156. The number of hydrogen-bond donors (Lipinski definition) is 0. The van der Waals surface area contributed by atoms with E-state index in [9.17, 15) is 16.8 Å². The van der Waals surface area contributed by atoms with Crippen molar-refractivity contribution in [3.63, 3.8) is 0 Å². The molecule has 2 aliphatic carbocycles. The van der Waals surface area contributed by atoms with Gasteiger partial charge in [0.15, 0.2) is 0 Å². The van der Waals surface area contributed by atoms with E-state index in [1.165, 1.54) is 11.1 Å². The summed E-state index contributed by atoms with van der Waals surface area (Å²) in [4.78, 5) is 0.906. The first-order valence-electron chi connectivity index (χ1n) is 19.6. The Hall–Kier alpha value is -5.18. The van der Waals surface area contributed by atoms with Crippen LogP contribution in [0.5, 0.6) is 17.2 Å². The molecule has 0 unspecified atom stereocenters. The lowest BCUT2D eigenvalue weighted by Crippen LogP contribution is -2.47. The first kappa shape index (κ1) is 38.7. The molecule has 6 aromatic rings. The summed E-state index contributed by atoms with van der Waals surface area (Å²) in [7, 11) is -7.45. The van der Waals surface area contributed by atoms with Crippen molar-refractivity contribution in [3.05, 3.63) is 161 Å². The molecule has 0 amide bonds. The number of sulfone groups is 2. The highest BCUT2D eigenvalue weighted by molar-refractivity contribution is 7.91. The summed E-state index contributed by atoms with van der Waals surface area (Å²) in [6.45, 7) is 13.1. The van der Waals surface area contributed by atoms with Crippen molar-refractivity contribution in [2.45, 2.75) is 103 Å². The van der Waals surface area contributed by atoms with Crippen LogP contribution >= 0.6 is 0 Å². The lowest BCUT2D eigenvalue weighted by atomic mass is 9.52. The van der Waals surface area contributed by atoms with E-state index in [0.717, 1.165) is 59.3 Å². The Morgan fingerprint density at radius 1 is 0.526 bits per heavy atom. The van der Waals surface area contributed by atoms with Gasteiger partial charge in [-0.1, -0.05) is 83.1 Å². The predicted octanol–water partition coefficient (Wildman–Crippen LogP) is 11.5. The number of rotatable bonds is 13. The van der Waals surface area contributed by atoms with Crippen LogP contribution < -0.4 is 9.47 Å². The quantitative estimate of drug-likeness (QED) is 0.116. The van der Waals surface area contributed by atoms with Crippen molar-refractivity contribution in [3.8, 4) is 28.4 Å². The summed E-state index contributed by atoms with van der Waals surface area (Å²) in [6, 6.07) is 39.8. The zero-order chi connectivity index (χ0) is 40.4. The van der Waals surface area contributed by atoms with Crippen molar-refractivity contribution in [1.29, 1.82) is 0 Å². The predicted molar refractivity (Wildman–Crippen MR) is 225 cm³/mol. The SMILES string of the molecule is CCC(C)(CC)Oc1ccc(C(C)(C)c2ccc(Oc3ccc(S(=O)(=O)c4ccc(-c5ccc(S(=O)(=O)c6cc7c8c(c6)CC8(C)C7)cc5)cc4)cc3)cc2)cc1. The molecule has 0 bridgehead atoms. The Labute approximate surface area is 337 Å². The van der Waals surface area contributed by atoms with Gasteiger partial charge in [-0.2, -0.15) is 0 Å². The topological polar surface area (TPSA) is 86.7 Å². The minimum Gasteiger partial charge on any atom is -0.488 e. The van der Waals surface area contributed by atoms with Crippen molar-refractivity contribution >= 4 is 19.7 Å². The first-order valence-corrected chi connectivity index (χ1v) is 22.6. The van der Waals surface area contributed by atoms with Crippen LogP contribution in [-0.2, 0) is 43.3 Å². The molecule has 0 heterocycles. The van der Waals surface area contributed by atoms with Crippen LogP contribution in [0.2, 0.25) is 0 Å². The molecule has 0 saturated carbocycles. The summed E-state index contributed by atoms with van der Waals surface area (Å²) in [5.41, 5.74) is 7.32. The molecule has 6 aromatic carbocycles. The molecule has 0 saturated heterocycles. The molecule has 2 aliphatic rings. The van der Waals surface area contributed by atoms with E-state index in [1.807, 2.05) is 36.4 Å². The summed E-state index contributed by atoms with van der Waals surface area (Å²) in [5, 5.41) is 0. The van der Waals surface area contributed by atoms with Gasteiger partial charge in [-0.3, -0.25) is 0 Å². The molecule has 6 nitrogen and oxygen atoms in total. The van der Waals surface area contributed by atoms with Crippen LogP contribution in [-0.4, -0.2) is 22.4 Å². The van der Waals surface area contributed by atoms with Gasteiger partial charge in [0.05, 0.1) is 19.6 Å². The van der Waals surface area contributed by atoms with Crippen molar-refractivity contribution in [1.82, 2.24) is 0 Å². The van der Waals surface area contributed by atoms with Gasteiger partial charge in [0.2, 0.25) is 19.7 Å². The fourth-order valence-electron chi connectivity index (χ4n) is 8.28. The zero-order valence-corrected chi connectivity index (χ0v) is 34.9. The van der Waals surface area contributed by atoms with Gasteiger partial charge < -0.3 is 9.47 Å². The second-order valence-corrected chi connectivity index (χ2v) is 20.5. The Morgan fingerprint density at radius 3 is 1.30 bits per heavy atom. The summed E-state index contributed by atoms with van der Waals surface area (Å²) in [5.74, 6) is 2.04. The highest BCUT2D eigenvalue weighted by atomic mass is 32.2. The lowest BCUT2D eigenvalue weighted by Gasteiger charge is -2.51. The van der Waals surface area contributed by atoms with Gasteiger partial charge in [0.25, 0.3) is 0 Å². The lowest BCUT2D eigenvalue weighted by molar-refractivity contribution is 0.0802. The van der Waals surface area contributed by atoms with Gasteiger partial charge in [-0.25, -0.2) is 16.8 Å². The van der Waals surface area contributed by atoms with Gasteiger partial charge in [-0.15, -0.1) is 0 Å². The second kappa shape index (κ2) is 14.0. The van der Waals surface area contributed by atoms with Crippen LogP contribution in [0.25, 0.3) is 11.1 Å². The highest BCUT2D eigenvalue weighted by Gasteiger charge is 2.48. The van der Waals surface area contributed by atoms with Crippen molar-refractivity contribution in [2.75, 3.05) is 0 Å². The molecular formula is C49H48O6S2. The van der Waals surface area contributed by atoms with Crippen LogP contribution in [0.1, 0.15) is 82.2 Å². The summed E-state index contributed by atoms with van der Waals surface area (Å²) in [6.07, 6.45) is 3.75. The van der Waals surface area contributed by atoms with E-state index >= 15 is 0 Å². The monoisotopic (exact) mass is 796 g/mol. The maximum atomic E-state index is 13.6. The molecule has 0 radical (unpaired) electrons. The number of benzene rings is 6. The Kier molecular flexibility index (Phi) is 9.52. The number of hydrogen-bond acceptors (Lipinski definition) is 6. The van der Waals surface area contributed by atoms with Crippen LogP contribution in [0.3, 0.4) is 0 Å². The molecule has 8 heteroatoms. The van der Waals surface area contributed by atoms with E-state index in [0.29, 0.717) is 16.4 Å². The third-order valence-electron chi connectivity index (χ3n) is 12.4. The maximum Gasteiger partial charge on any atom is 0.206 e. The van der Waals surface area contributed by atoms with E-state index in [2.05, 4.69) is 65.8 Å². The van der Waals surface area contributed by atoms with Gasteiger partial charge >= 0.3 is 0 Å². The maximum absolute atomic E-state index is 13.6. The second-order valence-electron chi connectivity index (χ2n) is 16.6. The highest BCUT2D eigenvalue weighted by Crippen LogP contribution is 2.54. The zero-order valence-electron chi connectivity index (χ0n) is 33.3. The number of ether oxygens (including phenoxy) is 2. The van der Waals surface area contributed by atoms with Gasteiger partial charge in [-0.05, 0) is 156 Å². The fourth-order valence-corrected chi connectivity index (χ4v) is 10.9. The molecule has 0 aliphatic heterocycles. The molecule has 0 aromatic heterocycles. The van der Waals surface area contributed by atoms with Gasteiger partial charge in [0, 0.05) is 10.8 Å². The first-order chi connectivity index (χ1) is 27.0. The molecule has 0 atom stereocenters. The third kappa shape index (κ3) is 6.97. The molecule has 57 heavy (non-hydrogen) atoms. The van der Waals surface area contributed by atoms with Gasteiger partial charge in [0.1, 0.15) is 22.8 Å². The molecule has 0 fully saturated rings. The van der Waals surface area contributed by atoms with Crippen LogP contribution in [0.4, 0.5) is 0 Å². The largest absolute Gasteiger partial charge is 0.488 e. The average Bonchev–Trinajstić information content (AvgIpc) is 3.20. The molecule has 0 spiro atoms. The Bertz CT molecular complexity index is 2650. The molecular weight excluding hydrogens is 749 g/mol. The van der Waals surface area contributed by atoms with E-state index in [-0.39, 0.29) is 31.1 Å². The van der Waals surface area contributed by atoms with E-state index < -0.39 is 19.7 Å². The molecule has 0 N–H and O–H groups in total. The summed E-state index contributed by atoms with van der Waals surface area (Å²) < 4.78 is 66.5. The van der Waals surface area contributed by atoms with Crippen molar-refractivity contribution in [2.24, 2.45) is 0 Å². The van der Waals surface area contributed by atoms with Crippen LogP contribution in [0, 0.1) is 0 Å². The molecule has 292 valence electrons. The Balaban J connectivity index is 0.902. The van der Waals surface area contributed by atoms with Crippen LogP contribution in [0.15, 0.2) is 153 Å². The smallest absolute Gasteiger partial charge is 0.206 e. The minimum atomic E-state index is -3.80. The normalized spacial score (nSPS) is 14.6. The molecule has 8 rings (SSSR count). The standard InChI is InChI=1S/C49H48O6S2/c1-7-49(6,8-2)55-41-19-15-38(16-20-41)47(3,4)37-13-17-39(18-14-37)54-40-21-27-44(28-22-40)56(50,51)42-23-9-33(10-24-42)34-11-25-43(26-12-34)57(52,53)45-29-35-31-48(5)32-36(30-45)46(35)48/h9-30H,7-8,31-32H2,1-6H3. The van der Waals surface area contributed by atoms with E-state index in [1.54, 1.807) is 72.8 Å². The summed E-state index contributed by atoms with van der Waals surface area (Å²) >= 11 is 0. The average molecular weight is 797 g/mol. The third-order valence-corrected chi connectivity index (χ3v) is 15.9. The Morgan fingerprint density at radius 2 is 0.895 bits per heavy atom.